The van der Waals surface area contributed by atoms with Crippen LogP contribution in [0.3, 0.4) is 0 Å². The molecular formula is C10H7F6NO3S2. The van der Waals surface area contributed by atoms with Crippen LogP contribution in [0, 0.1) is 0 Å². The molecular weight excluding hydrogens is 360 g/mol. The number of thioether (sulfide) groups is 1. The number of rotatable bonds is 2. The molecule has 0 aromatic heterocycles. The third-order valence-corrected chi connectivity index (χ3v) is 5.04. The van der Waals surface area contributed by atoms with Crippen molar-refractivity contribution in [2.75, 3.05) is 11.9 Å². The van der Waals surface area contributed by atoms with Crippen LogP contribution >= 0.6 is 11.8 Å². The molecule has 0 bridgehead atoms. The number of nitrogens with zero attached hydrogens (tertiary/aromatic N) is 1. The number of hydrogen-bond acceptors (Lipinski definition) is 5. The van der Waals surface area contributed by atoms with Gasteiger partial charge in [-0.25, -0.2) is 4.18 Å². The maximum Gasteiger partial charge on any atom is 0.523 e. The van der Waals surface area contributed by atoms with Crippen molar-refractivity contribution < 1.29 is 38.9 Å². The van der Waals surface area contributed by atoms with E-state index in [1.54, 1.807) is 0 Å². The smallest absolute Gasteiger partial charge is 0.338 e. The van der Waals surface area contributed by atoms with E-state index in [9.17, 15) is 34.8 Å². The van der Waals surface area contributed by atoms with Gasteiger partial charge in [-0.3, -0.25) is 0 Å². The Bertz CT molecular complexity index is 685. The molecule has 0 saturated heterocycles. The topological polar surface area (TPSA) is 46.6 Å². The maximum absolute atomic E-state index is 12.6. The molecule has 0 radical (unpaired) electrons. The van der Waals surface area contributed by atoms with E-state index in [0.717, 1.165) is 24.1 Å². The highest BCUT2D eigenvalue weighted by Gasteiger charge is 2.50. The Kier molecular flexibility index (Phi) is 4.07. The minimum Gasteiger partial charge on any atom is -0.338 e. The zero-order chi connectivity index (χ0) is 16.9. The van der Waals surface area contributed by atoms with Gasteiger partial charge in [0.1, 0.15) is 0 Å². The summed E-state index contributed by atoms with van der Waals surface area (Å²) in [5.41, 5.74) is -8.31. The molecule has 1 heterocycles. The normalized spacial score (nSPS) is 19.4. The number of anilines is 1. The molecule has 0 fully saturated rings. The van der Waals surface area contributed by atoms with E-state index < -0.39 is 32.9 Å². The minimum atomic E-state index is -5.86. The Morgan fingerprint density at radius 3 is 2.27 bits per heavy atom. The van der Waals surface area contributed by atoms with Gasteiger partial charge in [-0.2, -0.15) is 34.8 Å². The second-order valence-corrected chi connectivity index (χ2v) is 6.85. The van der Waals surface area contributed by atoms with Crippen LogP contribution in [0.25, 0.3) is 0 Å². The van der Waals surface area contributed by atoms with Crippen LogP contribution in [0.4, 0.5) is 32.0 Å². The molecule has 0 amide bonds. The summed E-state index contributed by atoms with van der Waals surface area (Å²) in [6, 6.07) is 2.51. The molecule has 22 heavy (non-hydrogen) atoms. The Balaban J connectivity index is 2.28. The molecule has 124 valence electrons. The molecule has 1 atom stereocenters. The molecule has 4 nitrogen and oxygen atoms in total. The summed E-state index contributed by atoms with van der Waals surface area (Å²) in [6.45, 7) is 0. The molecule has 1 aromatic carbocycles. The summed E-state index contributed by atoms with van der Waals surface area (Å²) >= 11 is 0.564. The fourth-order valence-electron chi connectivity index (χ4n) is 1.62. The Morgan fingerprint density at radius 2 is 1.77 bits per heavy atom. The average Bonchev–Trinajstić information content (AvgIpc) is 2.63. The second-order valence-electron chi connectivity index (χ2n) is 4.21. The van der Waals surface area contributed by atoms with Crippen LogP contribution in [-0.4, -0.2) is 26.5 Å². The first-order chi connectivity index (χ1) is 9.83. The molecule has 0 N–H and O–H groups in total. The van der Waals surface area contributed by atoms with Crippen LogP contribution in [0.15, 0.2) is 23.1 Å². The van der Waals surface area contributed by atoms with Gasteiger partial charge in [0, 0.05) is 11.9 Å². The van der Waals surface area contributed by atoms with Gasteiger partial charge < -0.3 is 4.90 Å². The second kappa shape index (κ2) is 5.20. The van der Waals surface area contributed by atoms with Gasteiger partial charge in [-0.1, -0.05) is 11.8 Å². The van der Waals surface area contributed by atoms with Gasteiger partial charge in [0.2, 0.25) is 5.56 Å². The molecule has 1 unspecified atom stereocenters. The molecule has 2 rings (SSSR count). The number of halogens is 6. The first-order valence-electron chi connectivity index (χ1n) is 5.43. The van der Waals surface area contributed by atoms with Crippen molar-refractivity contribution in [3.63, 3.8) is 0 Å². The summed E-state index contributed by atoms with van der Waals surface area (Å²) in [6.07, 6.45) is -4.63. The van der Waals surface area contributed by atoms with Crippen LogP contribution in [-0.2, 0) is 20.5 Å². The van der Waals surface area contributed by atoms with Gasteiger partial charge in [0.25, 0.3) is 0 Å². The molecule has 0 spiro atoms. The van der Waals surface area contributed by atoms with E-state index >= 15 is 0 Å². The van der Waals surface area contributed by atoms with E-state index in [0.29, 0.717) is 17.8 Å². The van der Waals surface area contributed by atoms with Crippen molar-refractivity contribution in [1.82, 2.24) is 0 Å². The van der Waals surface area contributed by atoms with E-state index in [1.807, 2.05) is 0 Å². The van der Waals surface area contributed by atoms with Gasteiger partial charge in [-0.15, -0.1) is 0 Å². The van der Waals surface area contributed by atoms with E-state index in [2.05, 4.69) is 4.18 Å². The van der Waals surface area contributed by atoms with E-state index in [-0.39, 0.29) is 10.6 Å². The van der Waals surface area contributed by atoms with Crippen molar-refractivity contribution in [2.24, 2.45) is 0 Å². The Hall–Kier alpha value is -1.14. The molecule has 0 saturated carbocycles. The highest BCUT2D eigenvalue weighted by molar-refractivity contribution is 8.01. The number of benzene rings is 1. The SMILES string of the molecule is CN1c2cc(C(F)(F)F)ccc2SC1OS(=O)(=O)C(F)(F)F. The summed E-state index contributed by atoms with van der Waals surface area (Å²) in [7, 11) is -4.72. The number of fused-ring (bicyclic) bond motifs is 1. The van der Waals surface area contributed by atoms with Crippen molar-refractivity contribution in [3.8, 4) is 0 Å². The summed E-state index contributed by atoms with van der Waals surface area (Å²) in [5.74, 6) is 0. The quantitative estimate of drug-likeness (QED) is 0.456. The lowest BCUT2D eigenvalue weighted by molar-refractivity contribution is -0.137. The molecule has 0 aliphatic carbocycles. The lowest BCUT2D eigenvalue weighted by atomic mass is 10.2. The van der Waals surface area contributed by atoms with Gasteiger partial charge >= 0.3 is 21.8 Å². The van der Waals surface area contributed by atoms with Gasteiger partial charge in [-0.05, 0) is 18.2 Å². The fourth-order valence-corrected chi connectivity index (χ4v) is 3.50. The summed E-state index contributed by atoms with van der Waals surface area (Å²) in [5, 5.41) is 0. The first kappa shape index (κ1) is 17.2. The molecule has 1 aliphatic heterocycles. The lowest BCUT2D eigenvalue weighted by Crippen LogP contribution is -2.35. The zero-order valence-electron chi connectivity index (χ0n) is 10.6. The molecule has 1 aromatic rings. The Morgan fingerprint density at radius 1 is 1.18 bits per heavy atom. The first-order valence-corrected chi connectivity index (χ1v) is 7.72. The van der Waals surface area contributed by atoms with Crippen molar-refractivity contribution in [2.45, 2.75) is 22.1 Å². The predicted molar refractivity (Wildman–Crippen MR) is 65.6 cm³/mol. The molecule has 12 heteroatoms. The van der Waals surface area contributed by atoms with Gasteiger partial charge in [0.05, 0.1) is 11.3 Å². The maximum atomic E-state index is 12.6. The van der Waals surface area contributed by atoms with Crippen molar-refractivity contribution >= 4 is 27.6 Å². The number of alkyl halides is 6. The summed E-state index contributed by atoms with van der Waals surface area (Å²) < 4.78 is 101. The van der Waals surface area contributed by atoms with Crippen molar-refractivity contribution in [1.29, 1.82) is 0 Å². The van der Waals surface area contributed by atoms with Crippen LogP contribution in [0.1, 0.15) is 5.56 Å². The largest absolute Gasteiger partial charge is 0.523 e. The standard InChI is InChI=1S/C10H7F6NO3S2/c1-17-6-4-5(9(11,12)13)2-3-7(6)21-8(17)20-22(18,19)10(14,15)16/h2-4,8H,1H3. The zero-order valence-corrected chi connectivity index (χ0v) is 12.2. The van der Waals surface area contributed by atoms with Crippen LogP contribution < -0.4 is 4.90 Å². The average molecular weight is 367 g/mol. The third-order valence-electron chi connectivity index (χ3n) is 2.70. The Labute approximate surface area is 125 Å². The van der Waals surface area contributed by atoms with Crippen molar-refractivity contribution in [3.05, 3.63) is 23.8 Å². The highest BCUT2D eigenvalue weighted by Crippen LogP contribution is 2.46. The van der Waals surface area contributed by atoms with Crippen LogP contribution in [0.5, 0.6) is 0 Å². The van der Waals surface area contributed by atoms with E-state index in [4.69, 9.17) is 0 Å². The third kappa shape index (κ3) is 3.13. The van der Waals surface area contributed by atoms with E-state index in [1.165, 1.54) is 0 Å². The predicted octanol–water partition coefficient (Wildman–Crippen LogP) is 3.40. The number of hydrogen-bond donors (Lipinski definition) is 0. The van der Waals surface area contributed by atoms with Gasteiger partial charge in [0.15, 0.2) is 0 Å². The minimum absolute atomic E-state index is 0.0674. The fraction of sp³-hybridized carbons (Fsp3) is 0.400. The highest BCUT2D eigenvalue weighted by atomic mass is 32.2. The summed E-state index contributed by atoms with van der Waals surface area (Å²) in [4.78, 5) is 1.07. The van der Waals surface area contributed by atoms with Crippen LogP contribution in [0.2, 0.25) is 0 Å². The molecule has 1 aliphatic rings. The lowest BCUT2D eigenvalue weighted by Gasteiger charge is -2.21. The monoisotopic (exact) mass is 367 g/mol.